The van der Waals surface area contributed by atoms with Crippen molar-refractivity contribution >= 4 is 23.5 Å². The second kappa shape index (κ2) is 8.73. The Bertz CT molecular complexity index is 488. The van der Waals surface area contributed by atoms with Gasteiger partial charge in [0.05, 0.1) is 0 Å². The average Bonchev–Trinajstić information content (AvgIpc) is 2.43. The molecule has 0 fully saturated rings. The summed E-state index contributed by atoms with van der Waals surface area (Å²) >= 11 is 0. The van der Waals surface area contributed by atoms with E-state index in [1.807, 2.05) is 18.2 Å². The SMILES string of the molecule is CC(=O)NCCC(=O)N(CCCC(=O)O)c1ccccc1. The fraction of sp³-hybridized carbons (Fsp3) is 0.400. The van der Waals surface area contributed by atoms with E-state index in [4.69, 9.17) is 5.11 Å². The number of amides is 2. The van der Waals surface area contributed by atoms with Gasteiger partial charge in [-0.25, -0.2) is 0 Å². The van der Waals surface area contributed by atoms with Crippen molar-refractivity contribution in [3.8, 4) is 0 Å². The number of hydrogen-bond donors (Lipinski definition) is 2. The van der Waals surface area contributed by atoms with E-state index in [-0.39, 0.29) is 31.2 Å². The van der Waals surface area contributed by atoms with E-state index in [0.717, 1.165) is 5.69 Å². The third-order valence-corrected chi connectivity index (χ3v) is 2.85. The predicted molar refractivity (Wildman–Crippen MR) is 79.0 cm³/mol. The first kappa shape index (κ1) is 16.7. The summed E-state index contributed by atoms with van der Waals surface area (Å²) < 4.78 is 0. The number of para-hydroxylation sites is 1. The summed E-state index contributed by atoms with van der Waals surface area (Å²) in [5.41, 5.74) is 0.732. The molecule has 0 spiro atoms. The van der Waals surface area contributed by atoms with Crippen molar-refractivity contribution in [1.29, 1.82) is 0 Å². The molecule has 0 unspecified atom stereocenters. The molecule has 0 heterocycles. The fourth-order valence-electron chi connectivity index (χ4n) is 1.87. The van der Waals surface area contributed by atoms with Gasteiger partial charge in [-0.15, -0.1) is 0 Å². The van der Waals surface area contributed by atoms with Crippen molar-refractivity contribution in [3.05, 3.63) is 30.3 Å². The zero-order chi connectivity index (χ0) is 15.7. The summed E-state index contributed by atoms with van der Waals surface area (Å²) in [5.74, 6) is -1.20. The molecule has 0 aliphatic heterocycles. The van der Waals surface area contributed by atoms with Crippen LogP contribution in [-0.2, 0) is 14.4 Å². The molecule has 0 aliphatic carbocycles. The Balaban J connectivity index is 2.64. The number of carboxylic acid groups (broad SMARTS) is 1. The molecule has 1 aromatic carbocycles. The summed E-state index contributed by atoms with van der Waals surface area (Å²) in [6.45, 7) is 2.01. The minimum Gasteiger partial charge on any atom is -0.481 e. The molecule has 2 amide bonds. The molecule has 6 nitrogen and oxygen atoms in total. The van der Waals surface area contributed by atoms with Gasteiger partial charge in [-0.05, 0) is 18.6 Å². The smallest absolute Gasteiger partial charge is 0.303 e. The first-order chi connectivity index (χ1) is 10.0. The van der Waals surface area contributed by atoms with Crippen LogP contribution in [0.15, 0.2) is 30.3 Å². The monoisotopic (exact) mass is 292 g/mol. The van der Waals surface area contributed by atoms with Crippen molar-refractivity contribution in [2.75, 3.05) is 18.0 Å². The standard InChI is InChI=1S/C15H20N2O4/c1-12(18)16-10-9-14(19)17(11-5-8-15(20)21)13-6-3-2-4-7-13/h2-4,6-7H,5,8-11H2,1H3,(H,16,18)(H,20,21). The molecule has 21 heavy (non-hydrogen) atoms. The summed E-state index contributed by atoms with van der Waals surface area (Å²) in [6.07, 6.45) is 0.583. The van der Waals surface area contributed by atoms with E-state index in [1.165, 1.54) is 6.92 Å². The quantitative estimate of drug-likeness (QED) is 0.758. The number of nitrogens with one attached hydrogen (secondary N) is 1. The van der Waals surface area contributed by atoms with E-state index in [9.17, 15) is 14.4 Å². The van der Waals surface area contributed by atoms with Crippen LogP contribution in [0.2, 0.25) is 0 Å². The highest BCUT2D eigenvalue weighted by Gasteiger charge is 2.15. The summed E-state index contributed by atoms with van der Waals surface area (Å²) in [5, 5.41) is 11.3. The molecule has 6 heteroatoms. The first-order valence-corrected chi connectivity index (χ1v) is 6.82. The van der Waals surface area contributed by atoms with Gasteiger partial charge in [0.2, 0.25) is 11.8 Å². The first-order valence-electron chi connectivity index (χ1n) is 6.82. The van der Waals surface area contributed by atoms with Crippen LogP contribution in [-0.4, -0.2) is 36.0 Å². The van der Waals surface area contributed by atoms with Gasteiger partial charge in [0.1, 0.15) is 0 Å². The molecule has 0 saturated carbocycles. The second-order valence-corrected chi connectivity index (χ2v) is 4.61. The largest absolute Gasteiger partial charge is 0.481 e. The summed E-state index contributed by atoms with van der Waals surface area (Å²) in [4.78, 5) is 35.2. The van der Waals surface area contributed by atoms with Gasteiger partial charge < -0.3 is 15.3 Å². The molecule has 0 saturated heterocycles. The number of carbonyl (C=O) groups is 3. The Kier molecular flexibility index (Phi) is 6.94. The van der Waals surface area contributed by atoms with Crippen LogP contribution in [0.3, 0.4) is 0 Å². The van der Waals surface area contributed by atoms with Crippen molar-refractivity contribution in [1.82, 2.24) is 5.32 Å². The van der Waals surface area contributed by atoms with Gasteiger partial charge in [0.15, 0.2) is 0 Å². The zero-order valence-electron chi connectivity index (χ0n) is 12.0. The lowest BCUT2D eigenvalue weighted by atomic mass is 10.2. The van der Waals surface area contributed by atoms with E-state index >= 15 is 0 Å². The third-order valence-electron chi connectivity index (χ3n) is 2.85. The van der Waals surface area contributed by atoms with E-state index in [2.05, 4.69) is 5.32 Å². The Morgan fingerprint density at radius 3 is 2.38 bits per heavy atom. The van der Waals surface area contributed by atoms with E-state index in [1.54, 1.807) is 17.0 Å². The Morgan fingerprint density at radius 2 is 1.81 bits per heavy atom. The lowest BCUT2D eigenvalue weighted by Gasteiger charge is -2.22. The number of benzene rings is 1. The highest BCUT2D eigenvalue weighted by atomic mass is 16.4. The van der Waals surface area contributed by atoms with Crippen LogP contribution in [0.5, 0.6) is 0 Å². The molecular weight excluding hydrogens is 272 g/mol. The highest BCUT2D eigenvalue weighted by molar-refractivity contribution is 5.93. The number of aliphatic carboxylic acids is 1. The zero-order valence-corrected chi connectivity index (χ0v) is 12.0. The van der Waals surface area contributed by atoms with Crippen molar-refractivity contribution in [2.24, 2.45) is 0 Å². The maximum atomic E-state index is 12.2. The highest BCUT2D eigenvalue weighted by Crippen LogP contribution is 2.15. The predicted octanol–water partition coefficient (Wildman–Crippen LogP) is 1.41. The normalized spacial score (nSPS) is 9.95. The summed E-state index contributed by atoms with van der Waals surface area (Å²) in [6, 6.07) is 9.09. The minimum absolute atomic E-state index is 0.0162. The number of hydrogen-bond acceptors (Lipinski definition) is 3. The number of nitrogens with zero attached hydrogens (tertiary/aromatic N) is 1. The second-order valence-electron chi connectivity index (χ2n) is 4.61. The van der Waals surface area contributed by atoms with Crippen LogP contribution in [0.25, 0.3) is 0 Å². The number of carbonyl (C=O) groups excluding carboxylic acids is 2. The molecule has 114 valence electrons. The maximum absolute atomic E-state index is 12.2. The number of anilines is 1. The van der Waals surface area contributed by atoms with Gasteiger partial charge >= 0.3 is 5.97 Å². The average molecular weight is 292 g/mol. The van der Waals surface area contributed by atoms with Crippen LogP contribution >= 0.6 is 0 Å². The lowest BCUT2D eigenvalue weighted by Crippen LogP contribution is -2.35. The number of carboxylic acids is 1. The molecule has 2 N–H and O–H groups in total. The third kappa shape index (κ3) is 6.56. The van der Waals surface area contributed by atoms with Crippen LogP contribution < -0.4 is 10.2 Å². The minimum atomic E-state index is -0.881. The van der Waals surface area contributed by atoms with Crippen molar-refractivity contribution in [2.45, 2.75) is 26.2 Å². The summed E-state index contributed by atoms with van der Waals surface area (Å²) in [7, 11) is 0. The van der Waals surface area contributed by atoms with Gasteiger partial charge in [-0.3, -0.25) is 14.4 Å². The molecule has 0 atom stereocenters. The lowest BCUT2D eigenvalue weighted by molar-refractivity contribution is -0.137. The van der Waals surface area contributed by atoms with E-state index < -0.39 is 5.97 Å². The molecule has 0 bridgehead atoms. The number of rotatable bonds is 8. The van der Waals surface area contributed by atoms with Gasteiger partial charge in [-0.1, -0.05) is 18.2 Å². The maximum Gasteiger partial charge on any atom is 0.303 e. The molecule has 1 rings (SSSR count). The van der Waals surface area contributed by atoms with E-state index in [0.29, 0.717) is 13.0 Å². The topological polar surface area (TPSA) is 86.7 Å². The van der Waals surface area contributed by atoms with Crippen LogP contribution in [0.4, 0.5) is 5.69 Å². The van der Waals surface area contributed by atoms with Gasteiger partial charge in [0, 0.05) is 38.5 Å². The van der Waals surface area contributed by atoms with Crippen molar-refractivity contribution < 1.29 is 19.5 Å². The molecular formula is C15H20N2O4. The van der Waals surface area contributed by atoms with Crippen molar-refractivity contribution in [3.63, 3.8) is 0 Å². The van der Waals surface area contributed by atoms with Gasteiger partial charge in [0.25, 0.3) is 0 Å². The fourth-order valence-corrected chi connectivity index (χ4v) is 1.87. The Hall–Kier alpha value is -2.37. The molecule has 1 aromatic rings. The van der Waals surface area contributed by atoms with Gasteiger partial charge in [-0.2, -0.15) is 0 Å². The Morgan fingerprint density at radius 1 is 1.14 bits per heavy atom. The molecule has 0 aliphatic rings. The Labute approximate surface area is 123 Å². The molecule has 0 aromatic heterocycles. The van der Waals surface area contributed by atoms with Crippen LogP contribution in [0, 0.1) is 0 Å². The van der Waals surface area contributed by atoms with Crippen LogP contribution in [0.1, 0.15) is 26.2 Å². The molecule has 0 radical (unpaired) electrons.